The molecule has 140 valence electrons. The molecule has 3 N–H and O–H groups in total. The minimum Gasteiger partial charge on any atom is -0.507 e. The number of halogens is 1. The van der Waals surface area contributed by atoms with Gasteiger partial charge in [0.1, 0.15) is 5.75 Å². The molecule has 0 aromatic heterocycles. The summed E-state index contributed by atoms with van der Waals surface area (Å²) in [7, 11) is 0. The Morgan fingerprint density at radius 3 is 2.29 bits per heavy atom. The van der Waals surface area contributed by atoms with Crippen molar-refractivity contribution in [2.24, 2.45) is 5.10 Å². The van der Waals surface area contributed by atoms with Gasteiger partial charge < -0.3 is 10.4 Å². The van der Waals surface area contributed by atoms with E-state index in [-0.39, 0.29) is 11.7 Å². The third-order valence-electron chi connectivity index (χ3n) is 3.83. The van der Waals surface area contributed by atoms with E-state index in [1.54, 1.807) is 66.7 Å². The largest absolute Gasteiger partial charge is 0.507 e. The molecule has 28 heavy (non-hydrogen) atoms. The summed E-state index contributed by atoms with van der Waals surface area (Å²) >= 11 is 6.01. The molecule has 0 atom stereocenters. The van der Waals surface area contributed by atoms with Crippen LogP contribution in [0.4, 0.5) is 5.69 Å². The highest BCUT2D eigenvalue weighted by Gasteiger charge is 2.10. The number of nitrogens with zero attached hydrogens (tertiary/aromatic N) is 1. The second kappa shape index (κ2) is 8.83. The van der Waals surface area contributed by atoms with Gasteiger partial charge in [-0.15, -0.1) is 0 Å². The first-order valence-corrected chi connectivity index (χ1v) is 8.70. The molecule has 0 saturated heterocycles. The van der Waals surface area contributed by atoms with E-state index in [0.717, 1.165) is 0 Å². The van der Waals surface area contributed by atoms with Crippen LogP contribution in [0.1, 0.15) is 26.3 Å². The molecule has 3 aromatic carbocycles. The summed E-state index contributed by atoms with van der Waals surface area (Å²) < 4.78 is 0. The van der Waals surface area contributed by atoms with Crippen LogP contribution in [-0.2, 0) is 0 Å². The highest BCUT2D eigenvalue weighted by molar-refractivity contribution is 6.34. The Morgan fingerprint density at radius 2 is 1.57 bits per heavy atom. The molecule has 3 rings (SSSR count). The van der Waals surface area contributed by atoms with Crippen molar-refractivity contribution in [1.82, 2.24) is 5.43 Å². The molecule has 0 radical (unpaired) electrons. The molecule has 0 aliphatic rings. The number of nitrogens with one attached hydrogen (secondary N) is 2. The minimum atomic E-state index is -0.421. The number of hydrogen-bond acceptors (Lipinski definition) is 4. The summed E-state index contributed by atoms with van der Waals surface area (Å²) in [6.45, 7) is 0. The van der Waals surface area contributed by atoms with Crippen LogP contribution in [0, 0.1) is 0 Å². The quantitative estimate of drug-likeness (QED) is 0.451. The van der Waals surface area contributed by atoms with Crippen LogP contribution in [-0.4, -0.2) is 23.1 Å². The fourth-order valence-corrected chi connectivity index (χ4v) is 2.59. The van der Waals surface area contributed by atoms with E-state index >= 15 is 0 Å². The highest BCUT2D eigenvalue weighted by atomic mass is 35.5. The van der Waals surface area contributed by atoms with Crippen LogP contribution in [0.3, 0.4) is 0 Å². The topological polar surface area (TPSA) is 90.8 Å². The van der Waals surface area contributed by atoms with Crippen molar-refractivity contribution in [2.45, 2.75) is 0 Å². The van der Waals surface area contributed by atoms with Crippen molar-refractivity contribution in [3.8, 4) is 5.75 Å². The molecule has 3 aromatic rings. The number of aromatic hydroxyl groups is 1. The molecule has 0 aliphatic carbocycles. The monoisotopic (exact) mass is 393 g/mol. The van der Waals surface area contributed by atoms with E-state index in [0.29, 0.717) is 27.4 Å². The lowest BCUT2D eigenvalue weighted by Gasteiger charge is -2.07. The molecule has 0 fully saturated rings. The van der Waals surface area contributed by atoms with Gasteiger partial charge in [0.05, 0.1) is 16.8 Å². The molecular weight excluding hydrogens is 378 g/mol. The predicted molar refractivity (Wildman–Crippen MR) is 109 cm³/mol. The molecule has 0 unspecified atom stereocenters. The lowest BCUT2D eigenvalue weighted by molar-refractivity contribution is 0.0954. The highest BCUT2D eigenvalue weighted by Crippen LogP contribution is 2.17. The Labute approximate surface area is 166 Å². The van der Waals surface area contributed by atoms with Gasteiger partial charge in [0, 0.05) is 16.8 Å². The number of hydrazone groups is 1. The van der Waals surface area contributed by atoms with Crippen LogP contribution >= 0.6 is 11.6 Å². The Bertz CT molecular complexity index is 1030. The molecular formula is C21H16ClN3O3. The number of anilines is 1. The molecule has 0 heterocycles. The van der Waals surface area contributed by atoms with E-state index in [1.165, 1.54) is 12.3 Å². The van der Waals surface area contributed by atoms with Gasteiger partial charge in [-0.3, -0.25) is 9.59 Å². The number of para-hydroxylation sites is 1. The molecule has 0 aliphatic heterocycles. The smallest absolute Gasteiger partial charge is 0.271 e. The van der Waals surface area contributed by atoms with Gasteiger partial charge in [0.15, 0.2) is 0 Å². The zero-order valence-electron chi connectivity index (χ0n) is 14.6. The number of phenolic OH excluding ortho intramolecular Hbond substituents is 1. The number of carbonyl (C=O) groups excluding carboxylic acids is 2. The SMILES string of the molecule is O=C(NN=Cc1ccccc1O)c1ccc(NC(=O)c2ccccc2Cl)cc1. The maximum absolute atomic E-state index is 12.2. The number of benzene rings is 3. The van der Waals surface area contributed by atoms with E-state index in [1.807, 2.05) is 0 Å². The summed E-state index contributed by atoms with van der Waals surface area (Å²) in [5, 5.41) is 16.6. The summed E-state index contributed by atoms with van der Waals surface area (Å²) in [4.78, 5) is 24.4. The zero-order valence-corrected chi connectivity index (χ0v) is 15.4. The van der Waals surface area contributed by atoms with E-state index < -0.39 is 5.91 Å². The second-order valence-electron chi connectivity index (χ2n) is 5.77. The van der Waals surface area contributed by atoms with Gasteiger partial charge in [-0.2, -0.15) is 5.10 Å². The van der Waals surface area contributed by atoms with Crippen molar-refractivity contribution in [3.63, 3.8) is 0 Å². The average molecular weight is 394 g/mol. The Hall–Kier alpha value is -3.64. The van der Waals surface area contributed by atoms with Crippen molar-refractivity contribution < 1.29 is 14.7 Å². The van der Waals surface area contributed by atoms with E-state index in [2.05, 4.69) is 15.8 Å². The standard InChI is InChI=1S/C21H16ClN3O3/c22-18-7-3-2-6-17(18)21(28)24-16-11-9-14(10-12-16)20(27)25-23-13-15-5-1-4-8-19(15)26/h1-13,26H,(H,24,28)(H,25,27). The van der Waals surface area contributed by atoms with Gasteiger partial charge in [0.25, 0.3) is 11.8 Å². The van der Waals surface area contributed by atoms with Crippen molar-refractivity contribution in [3.05, 3.63) is 94.5 Å². The Balaban J connectivity index is 1.61. The summed E-state index contributed by atoms with van der Waals surface area (Å²) in [6.07, 6.45) is 1.35. The fraction of sp³-hybridized carbons (Fsp3) is 0. The first-order chi connectivity index (χ1) is 13.5. The van der Waals surface area contributed by atoms with Crippen LogP contribution in [0.25, 0.3) is 0 Å². The first-order valence-electron chi connectivity index (χ1n) is 8.32. The lowest BCUT2D eigenvalue weighted by Crippen LogP contribution is -2.18. The minimum absolute atomic E-state index is 0.0686. The van der Waals surface area contributed by atoms with Crippen LogP contribution in [0.15, 0.2) is 77.9 Å². The maximum atomic E-state index is 12.2. The Morgan fingerprint density at radius 1 is 0.893 bits per heavy atom. The molecule has 0 spiro atoms. The number of carbonyl (C=O) groups is 2. The normalized spacial score (nSPS) is 10.6. The molecule has 7 heteroatoms. The third-order valence-corrected chi connectivity index (χ3v) is 4.16. The molecule has 0 bridgehead atoms. The van der Waals surface area contributed by atoms with Gasteiger partial charge in [-0.05, 0) is 48.5 Å². The van der Waals surface area contributed by atoms with Gasteiger partial charge in [-0.1, -0.05) is 35.9 Å². The summed E-state index contributed by atoms with van der Waals surface area (Å²) in [5.41, 5.74) is 4.13. The summed E-state index contributed by atoms with van der Waals surface area (Å²) in [6, 6.07) is 19.7. The fourth-order valence-electron chi connectivity index (χ4n) is 2.37. The first kappa shape index (κ1) is 19.1. The lowest BCUT2D eigenvalue weighted by atomic mass is 10.1. The zero-order chi connectivity index (χ0) is 19.9. The Kier molecular flexibility index (Phi) is 6.04. The van der Waals surface area contributed by atoms with E-state index in [4.69, 9.17) is 11.6 Å². The number of amides is 2. The summed E-state index contributed by atoms with van der Waals surface area (Å²) in [5.74, 6) is -0.690. The number of rotatable bonds is 5. The van der Waals surface area contributed by atoms with E-state index in [9.17, 15) is 14.7 Å². The molecule has 0 saturated carbocycles. The number of hydrogen-bond donors (Lipinski definition) is 3. The predicted octanol–water partition coefficient (Wildman–Crippen LogP) is 4.06. The second-order valence-corrected chi connectivity index (χ2v) is 6.18. The van der Waals surface area contributed by atoms with Crippen molar-refractivity contribution in [2.75, 3.05) is 5.32 Å². The van der Waals surface area contributed by atoms with Crippen LogP contribution in [0.2, 0.25) is 5.02 Å². The van der Waals surface area contributed by atoms with Crippen LogP contribution < -0.4 is 10.7 Å². The molecule has 6 nitrogen and oxygen atoms in total. The van der Waals surface area contributed by atoms with Crippen molar-refractivity contribution in [1.29, 1.82) is 0 Å². The maximum Gasteiger partial charge on any atom is 0.271 e. The number of phenols is 1. The van der Waals surface area contributed by atoms with Gasteiger partial charge in [0.2, 0.25) is 0 Å². The van der Waals surface area contributed by atoms with Crippen molar-refractivity contribution >= 4 is 35.3 Å². The molecule has 2 amide bonds. The van der Waals surface area contributed by atoms with Gasteiger partial charge >= 0.3 is 0 Å². The van der Waals surface area contributed by atoms with Crippen LogP contribution in [0.5, 0.6) is 5.75 Å². The van der Waals surface area contributed by atoms with Gasteiger partial charge in [-0.25, -0.2) is 5.43 Å². The average Bonchev–Trinajstić information content (AvgIpc) is 2.70. The third kappa shape index (κ3) is 4.75.